The molecule has 0 fully saturated rings. The second kappa shape index (κ2) is 7.16. The number of fused-ring (bicyclic) bond motifs is 2. The van der Waals surface area contributed by atoms with Gasteiger partial charge in [0.15, 0.2) is 0 Å². The third kappa shape index (κ3) is 3.58. The summed E-state index contributed by atoms with van der Waals surface area (Å²) >= 11 is 0. The standard InChI is InChI=1S/C20H21N3O5S/c1-21-29(27,28)13-5-6-18-15(10-13)16(20(26)23-18)9-12-8-14-11(7-19(24)25)3-2-4-17(14)22-12/h5-6,8-11,21-22H,2-4,7H2,1H3,(H,23,26)(H,24,25). The SMILES string of the molecule is CNS(=O)(=O)c1ccc2c(c1)C(=Cc1cc3c([nH]1)CCCC3CC(=O)O)C(=O)N2. The van der Waals surface area contributed by atoms with E-state index in [1.807, 2.05) is 6.07 Å². The number of hydrogen-bond acceptors (Lipinski definition) is 4. The molecule has 4 rings (SSSR count). The molecule has 0 radical (unpaired) electrons. The molecular formula is C20H21N3O5S. The minimum absolute atomic E-state index is 0.0447. The molecule has 1 atom stereocenters. The molecule has 1 aromatic heterocycles. The van der Waals surface area contributed by atoms with Gasteiger partial charge < -0.3 is 15.4 Å². The molecule has 2 aliphatic rings. The summed E-state index contributed by atoms with van der Waals surface area (Å²) in [5, 5.41) is 11.9. The Balaban J connectivity index is 1.74. The lowest BCUT2D eigenvalue weighted by Crippen LogP contribution is -2.18. The largest absolute Gasteiger partial charge is 0.481 e. The molecule has 29 heavy (non-hydrogen) atoms. The van der Waals surface area contributed by atoms with Gasteiger partial charge in [-0.2, -0.15) is 0 Å². The number of rotatable bonds is 5. The lowest BCUT2D eigenvalue weighted by molar-refractivity contribution is -0.137. The number of aryl methyl sites for hydroxylation is 1. The molecule has 1 aromatic carbocycles. The fraction of sp³-hybridized carbons (Fsp3) is 0.300. The summed E-state index contributed by atoms with van der Waals surface area (Å²) in [5.74, 6) is -1.18. The number of carbonyl (C=O) groups excluding carboxylic acids is 1. The monoisotopic (exact) mass is 415 g/mol. The van der Waals surface area contributed by atoms with Gasteiger partial charge in [-0.1, -0.05) is 0 Å². The first-order valence-corrected chi connectivity index (χ1v) is 10.8. The van der Waals surface area contributed by atoms with Gasteiger partial charge in [0.1, 0.15) is 0 Å². The van der Waals surface area contributed by atoms with Crippen LogP contribution in [-0.2, 0) is 26.0 Å². The number of carboxylic acid groups (broad SMARTS) is 1. The van der Waals surface area contributed by atoms with Gasteiger partial charge in [0.05, 0.1) is 16.9 Å². The van der Waals surface area contributed by atoms with Gasteiger partial charge in [0.2, 0.25) is 10.0 Å². The molecule has 0 saturated carbocycles. The summed E-state index contributed by atoms with van der Waals surface area (Å²) < 4.78 is 26.5. The predicted molar refractivity (Wildman–Crippen MR) is 108 cm³/mol. The Kier molecular flexibility index (Phi) is 4.79. The Labute approximate surface area is 168 Å². The highest BCUT2D eigenvalue weighted by molar-refractivity contribution is 7.89. The molecule has 0 bridgehead atoms. The quantitative estimate of drug-likeness (QED) is 0.557. The highest BCUT2D eigenvalue weighted by atomic mass is 32.2. The van der Waals surface area contributed by atoms with E-state index in [9.17, 15) is 18.0 Å². The van der Waals surface area contributed by atoms with E-state index in [1.54, 1.807) is 12.1 Å². The molecule has 9 heteroatoms. The average Bonchev–Trinajstić information content (AvgIpc) is 3.22. The Bertz CT molecular complexity index is 1150. The summed E-state index contributed by atoms with van der Waals surface area (Å²) in [6.45, 7) is 0. The number of carboxylic acids is 1. The van der Waals surface area contributed by atoms with Gasteiger partial charge in [-0.15, -0.1) is 0 Å². The minimum Gasteiger partial charge on any atom is -0.481 e. The van der Waals surface area contributed by atoms with Crippen molar-refractivity contribution in [2.75, 3.05) is 12.4 Å². The topological polar surface area (TPSA) is 128 Å². The molecule has 2 heterocycles. The average molecular weight is 415 g/mol. The number of sulfonamides is 1. The first kappa shape index (κ1) is 19.4. The first-order valence-electron chi connectivity index (χ1n) is 9.33. The van der Waals surface area contributed by atoms with Crippen molar-refractivity contribution < 1.29 is 23.1 Å². The number of amides is 1. The van der Waals surface area contributed by atoms with Crippen LogP contribution in [0.3, 0.4) is 0 Å². The van der Waals surface area contributed by atoms with Crippen LogP contribution in [0.4, 0.5) is 5.69 Å². The zero-order valence-corrected chi connectivity index (χ0v) is 16.6. The van der Waals surface area contributed by atoms with E-state index in [1.165, 1.54) is 19.2 Å². The third-order valence-corrected chi connectivity index (χ3v) is 6.86. The highest BCUT2D eigenvalue weighted by Crippen LogP contribution is 2.37. The smallest absolute Gasteiger partial charge is 0.303 e. The van der Waals surface area contributed by atoms with Crippen LogP contribution < -0.4 is 10.0 Å². The van der Waals surface area contributed by atoms with Crippen LogP contribution in [0.2, 0.25) is 0 Å². The van der Waals surface area contributed by atoms with Gasteiger partial charge in [-0.25, -0.2) is 13.1 Å². The van der Waals surface area contributed by atoms with Crippen molar-refractivity contribution >= 4 is 39.2 Å². The predicted octanol–water partition coefficient (Wildman–Crippen LogP) is 2.31. The molecule has 1 aliphatic heterocycles. The van der Waals surface area contributed by atoms with Crippen molar-refractivity contribution in [3.05, 3.63) is 46.8 Å². The molecule has 0 spiro atoms. The van der Waals surface area contributed by atoms with Crippen LogP contribution in [0, 0.1) is 0 Å². The number of H-pyrrole nitrogens is 1. The lowest BCUT2D eigenvalue weighted by atomic mass is 9.85. The molecule has 152 valence electrons. The maximum Gasteiger partial charge on any atom is 0.303 e. The Hall–Kier alpha value is -2.91. The van der Waals surface area contributed by atoms with Gasteiger partial charge in [-0.3, -0.25) is 9.59 Å². The number of aromatic nitrogens is 1. The molecule has 1 unspecified atom stereocenters. The molecule has 0 saturated heterocycles. The van der Waals surface area contributed by atoms with Crippen molar-refractivity contribution in [1.82, 2.24) is 9.71 Å². The first-order chi connectivity index (χ1) is 13.8. The van der Waals surface area contributed by atoms with Gasteiger partial charge in [-0.05, 0) is 68.1 Å². The maximum absolute atomic E-state index is 12.5. The Morgan fingerprint density at radius 1 is 1.34 bits per heavy atom. The fourth-order valence-electron chi connectivity index (χ4n) is 4.04. The Morgan fingerprint density at radius 3 is 2.86 bits per heavy atom. The van der Waals surface area contributed by atoms with Crippen molar-refractivity contribution in [2.45, 2.75) is 36.5 Å². The van der Waals surface area contributed by atoms with Crippen LogP contribution in [0.5, 0.6) is 0 Å². The zero-order valence-electron chi connectivity index (χ0n) is 15.8. The second-order valence-corrected chi connectivity index (χ2v) is 9.16. The minimum atomic E-state index is -3.63. The lowest BCUT2D eigenvalue weighted by Gasteiger charge is -2.20. The molecule has 2 aromatic rings. The molecule has 4 N–H and O–H groups in total. The van der Waals surface area contributed by atoms with Crippen molar-refractivity contribution in [3.8, 4) is 0 Å². The second-order valence-electron chi connectivity index (χ2n) is 7.27. The van der Waals surface area contributed by atoms with E-state index >= 15 is 0 Å². The summed E-state index contributed by atoms with van der Waals surface area (Å²) in [4.78, 5) is 27.0. The number of benzene rings is 1. The number of anilines is 1. The van der Waals surface area contributed by atoms with E-state index < -0.39 is 16.0 Å². The van der Waals surface area contributed by atoms with Crippen LogP contribution in [-0.4, -0.2) is 37.4 Å². The Morgan fingerprint density at radius 2 is 2.14 bits per heavy atom. The van der Waals surface area contributed by atoms with E-state index in [0.717, 1.165) is 30.5 Å². The van der Waals surface area contributed by atoms with Crippen LogP contribution in [0.15, 0.2) is 29.2 Å². The zero-order chi connectivity index (χ0) is 20.8. The van der Waals surface area contributed by atoms with Crippen molar-refractivity contribution in [2.24, 2.45) is 0 Å². The summed E-state index contributed by atoms with van der Waals surface area (Å²) in [6, 6.07) is 6.38. The van der Waals surface area contributed by atoms with Crippen molar-refractivity contribution in [3.63, 3.8) is 0 Å². The summed E-state index contributed by atoms with van der Waals surface area (Å²) in [7, 11) is -2.30. The van der Waals surface area contributed by atoms with E-state index in [2.05, 4.69) is 15.0 Å². The van der Waals surface area contributed by atoms with E-state index in [4.69, 9.17) is 5.11 Å². The maximum atomic E-state index is 12.5. The normalized spacial score (nSPS) is 19.7. The number of carbonyl (C=O) groups is 2. The van der Waals surface area contributed by atoms with Gasteiger partial charge >= 0.3 is 5.97 Å². The van der Waals surface area contributed by atoms with E-state index in [0.29, 0.717) is 22.5 Å². The van der Waals surface area contributed by atoms with Crippen LogP contribution in [0.1, 0.15) is 47.7 Å². The fourth-order valence-corrected chi connectivity index (χ4v) is 4.80. The molecule has 8 nitrogen and oxygen atoms in total. The summed E-state index contributed by atoms with van der Waals surface area (Å²) in [5.41, 5.74) is 4.11. The molecule has 1 amide bonds. The number of aromatic amines is 1. The highest BCUT2D eigenvalue weighted by Gasteiger charge is 2.28. The molecular weight excluding hydrogens is 394 g/mol. The number of nitrogens with one attached hydrogen (secondary N) is 3. The number of hydrogen-bond donors (Lipinski definition) is 4. The van der Waals surface area contributed by atoms with Gasteiger partial charge in [0.25, 0.3) is 5.91 Å². The molecule has 1 aliphatic carbocycles. The van der Waals surface area contributed by atoms with Crippen LogP contribution >= 0.6 is 0 Å². The van der Waals surface area contributed by atoms with Crippen LogP contribution in [0.25, 0.3) is 11.6 Å². The van der Waals surface area contributed by atoms with Gasteiger partial charge in [0, 0.05) is 22.6 Å². The van der Waals surface area contributed by atoms with Crippen molar-refractivity contribution in [1.29, 1.82) is 0 Å². The number of aliphatic carboxylic acids is 1. The summed E-state index contributed by atoms with van der Waals surface area (Å²) in [6.07, 6.45) is 4.34. The van der Waals surface area contributed by atoms with E-state index in [-0.39, 0.29) is 23.1 Å². The third-order valence-electron chi connectivity index (χ3n) is 5.45.